The molecule has 15 heavy (non-hydrogen) atoms. The minimum Gasteiger partial charge on any atom is -0.346 e. The first-order valence-corrected chi connectivity index (χ1v) is 5.51. The van der Waals surface area contributed by atoms with E-state index in [2.05, 4.69) is 0 Å². The van der Waals surface area contributed by atoms with Gasteiger partial charge in [0.2, 0.25) is 0 Å². The molecular weight excluding hydrogens is 192 g/mol. The van der Waals surface area contributed by atoms with Crippen LogP contribution in [0.4, 0.5) is 0 Å². The number of hydrogen-bond donors (Lipinski definition) is 0. The van der Waals surface area contributed by atoms with Gasteiger partial charge in [0.25, 0.3) is 0 Å². The van der Waals surface area contributed by atoms with Crippen molar-refractivity contribution < 1.29 is 14.3 Å². The van der Waals surface area contributed by atoms with Crippen LogP contribution in [0.3, 0.4) is 0 Å². The summed E-state index contributed by atoms with van der Waals surface area (Å²) >= 11 is 0. The monoisotopic (exact) mass is 206 g/mol. The fraction of sp³-hybridized carbons (Fsp3) is 0.583. The number of rotatable bonds is 0. The van der Waals surface area contributed by atoms with Crippen LogP contribution in [0.15, 0.2) is 23.3 Å². The average molecular weight is 206 g/mol. The summed E-state index contributed by atoms with van der Waals surface area (Å²) in [7, 11) is 0. The van der Waals surface area contributed by atoms with Crippen molar-refractivity contribution in [3.8, 4) is 0 Å². The molecule has 0 aromatic carbocycles. The van der Waals surface area contributed by atoms with Gasteiger partial charge in [0.1, 0.15) is 0 Å². The minimum atomic E-state index is -0.518. The lowest BCUT2D eigenvalue weighted by atomic mass is 9.97. The smallest absolute Gasteiger partial charge is 0.188 e. The molecule has 80 valence electrons. The molecule has 2 aliphatic heterocycles. The Bertz CT molecular complexity index is 359. The minimum absolute atomic E-state index is 0.188. The molecule has 3 aliphatic rings. The van der Waals surface area contributed by atoms with Gasteiger partial charge in [-0.2, -0.15) is 0 Å². The molecule has 0 N–H and O–H groups in total. The van der Waals surface area contributed by atoms with E-state index in [4.69, 9.17) is 9.47 Å². The number of carbonyl (C=O) groups is 1. The summed E-state index contributed by atoms with van der Waals surface area (Å²) < 4.78 is 11.5. The SMILES string of the molecule is O=C1C=C2CO[C@]3(C=C2C1)CCCCO3. The first-order chi connectivity index (χ1) is 7.27. The highest BCUT2D eigenvalue weighted by Gasteiger charge is 2.38. The third-order valence-corrected chi connectivity index (χ3v) is 3.24. The molecule has 0 radical (unpaired) electrons. The molecule has 0 aromatic heterocycles. The zero-order valence-electron chi connectivity index (χ0n) is 8.62. The molecule has 1 fully saturated rings. The predicted octanol–water partition coefficient (Wildman–Crippen LogP) is 1.74. The normalized spacial score (nSPS) is 35.1. The number of allylic oxidation sites excluding steroid dienone is 1. The van der Waals surface area contributed by atoms with Crippen molar-refractivity contribution in [1.29, 1.82) is 0 Å². The number of hydrogen-bond acceptors (Lipinski definition) is 3. The molecule has 1 spiro atoms. The second-order valence-corrected chi connectivity index (χ2v) is 4.39. The van der Waals surface area contributed by atoms with E-state index in [1.165, 1.54) is 0 Å². The lowest BCUT2D eigenvalue weighted by Gasteiger charge is -2.38. The van der Waals surface area contributed by atoms with Gasteiger partial charge in [-0.3, -0.25) is 4.79 Å². The second kappa shape index (κ2) is 3.29. The maximum Gasteiger partial charge on any atom is 0.188 e. The number of ether oxygens (including phenoxy) is 2. The fourth-order valence-electron chi connectivity index (χ4n) is 2.44. The summed E-state index contributed by atoms with van der Waals surface area (Å²) in [6, 6.07) is 0. The Kier molecular flexibility index (Phi) is 2.04. The van der Waals surface area contributed by atoms with Gasteiger partial charge >= 0.3 is 0 Å². The van der Waals surface area contributed by atoms with Crippen LogP contribution in [-0.2, 0) is 14.3 Å². The molecule has 1 saturated heterocycles. The molecule has 0 bridgehead atoms. The highest BCUT2D eigenvalue weighted by molar-refractivity contribution is 5.97. The van der Waals surface area contributed by atoms with Gasteiger partial charge in [0, 0.05) is 12.8 Å². The van der Waals surface area contributed by atoms with Crippen LogP contribution in [0, 0.1) is 0 Å². The number of carbonyl (C=O) groups excluding carboxylic acids is 1. The molecule has 3 rings (SSSR count). The summed E-state index contributed by atoms with van der Waals surface area (Å²) in [5.74, 6) is -0.331. The van der Waals surface area contributed by atoms with Crippen LogP contribution in [0.5, 0.6) is 0 Å². The Labute approximate surface area is 88.7 Å². The molecule has 2 heterocycles. The predicted molar refractivity (Wildman–Crippen MR) is 54.3 cm³/mol. The molecular formula is C12H14O3. The third-order valence-electron chi connectivity index (χ3n) is 3.24. The van der Waals surface area contributed by atoms with Crippen LogP contribution in [-0.4, -0.2) is 24.8 Å². The Morgan fingerprint density at radius 1 is 1.20 bits per heavy atom. The van der Waals surface area contributed by atoms with E-state index in [9.17, 15) is 4.79 Å². The van der Waals surface area contributed by atoms with Gasteiger partial charge in [0.05, 0.1) is 13.2 Å². The number of fused-ring (bicyclic) bond motifs is 1. The molecule has 0 unspecified atom stereocenters. The van der Waals surface area contributed by atoms with Gasteiger partial charge in [-0.15, -0.1) is 0 Å². The Hall–Kier alpha value is -0.930. The third kappa shape index (κ3) is 1.56. The van der Waals surface area contributed by atoms with Gasteiger partial charge < -0.3 is 9.47 Å². The Morgan fingerprint density at radius 3 is 2.93 bits per heavy atom. The highest BCUT2D eigenvalue weighted by Crippen LogP contribution is 2.37. The maximum absolute atomic E-state index is 11.3. The van der Waals surface area contributed by atoms with Crippen molar-refractivity contribution in [2.24, 2.45) is 0 Å². The molecule has 1 atom stereocenters. The van der Waals surface area contributed by atoms with Crippen LogP contribution in [0.1, 0.15) is 25.7 Å². The summed E-state index contributed by atoms with van der Waals surface area (Å²) in [6.07, 6.45) is 7.41. The summed E-state index contributed by atoms with van der Waals surface area (Å²) in [4.78, 5) is 11.3. The fourth-order valence-corrected chi connectivity index (χ4v) is 2.44. The van der Waals surface area contributed by atoms with Crippen molar-refractivity contribution in [3.63, 3.8) is 0 Å². The zero-order chi connectivity index (χ0) is 10.3. The highest BCUT2D eigenvalue weighted by atomic mass is 16.7. The van der Waals surface area contributed by atoms with E-state index in [0.717, 1.165) is 37.0 Å². The lowest BCUT2D eigenvalue weighted by Crippen LogP contribution is -2.40. The average Bonchev–Trinajstić information content (AvgIpc) is 2.58. The van der Waals surface area contributed by atoms with Crippen molar-refractivity contribution in [3.05, 3.63) is 23.3 Å². The summed E-state index contributed by atoms with van der Waals surface area (Å²) in [5, 5.41) is 0. The molecule has 1 aliphatic carbocycles. The van der Waals surface area contributed by atoms with E-state index >= 15 is 0 Å². The standard InChI is InChI=1S/C12H14O3/c13-11-5-9-7-12(3-1-2-4-14-12)15-8-10(9)6-11/h6-7H,1-5,8H2/t12-/m0/s1. The summed E-state index contributed by atoms with van der Waals surface area (Å²) in [5.41, 5.74) is 2.16. The van der Waals surface area contributed by atoms with Crippen LogP contribution in [0.25, 0.3) is 0 Å². The van der Waals surface area contributed by atoms with Crippen LogP contribution >= 0.6 is 0 Å². The van der Waals surface area contributed by atoms with E-state index in [0.29, 0.717) is 13.0 Å². The maximum atomic E-state index is 11.3. The molecule has 3 nitrogen and oxygen atoms in total. The largest absolute Gasteiger partial charge is 0.346 e. The topological polar surface area (TPSA) is 35.5 Å². The van der Waals surface area contributed by atoms with Gasteiger partial charge in [-0.1, -0.05) is 0 Å². The molecule has 3 heteroatoms. The van der Waals surface area contributed by atoms with E-state index in [-0.39, 0.29) is 5.78 Å². The Balaban J connectivity index is 1.90. The van der Waals surface area contributed by atoms with Crippen molar-refractivity contribution in [1.82, 2.24) is 0 Å². The zero-order valence-corrected chi connectivity index (χ0v) is 8.62. The first kappa shape index (κ1) is 9.31. The van der Waals surface area contributed by atoms with Gasteiger partial charge in [0.15, 0.2) is 11.6 Å². The van der Waals surface area contributed by atoms with Crippen LogP contribution in [0.2, 0.25) is 0 Å². The van der Waals surface area contributed by atoms with Crippen molar-refractivity contribution in [2.75, 3.05) is 13.2 Å². The molecule has 0 amide bonds. The molecule has 0 saturated carbocycles. The van der Waals surface area contributed by atoms with E-state index in [1.807, 2.05) is 6.08 Å². The van der Waals surface area contributed by atoms with Gasteiger partial charge in [-0.25, -0.2) is 0 Å². The van der Waals surface area contributed by atoms with Crippen molar-refractivity contribution >= 4 is 5.78 Å². The summed E-state index contributed by atoms with van der Waals surface area (Å²) in [6.45, 7) is 1.29. The Morgan fingerprint density at radius 2 is 2.13 bits per heavy atom. The number of ketones is 1. The van der Waals surface area contributed by atoms with E-state index in [1.54, 1.807) is 6.08 Å². The van der Waals surface area contributed by atoms with Gasteiger partial charge in [-0.05, 0) is 36.1 Å². The second-order valence-electron chi connectivity index (χ2n) is 4.39. The van der Waals surface area contributed by atoms with Crippen LogP contribution < -0.4 is 0 Å². The lowest BCUT2D eigenvalue weighted by molar-refractivity contribution is -0.222. The van der Waals surface area contributed by atoms with Crippen molar-refractivity contribution in [2.45, 2.75) is 31.5 Å². The van der Waals surface area contributed by atoms with E-state index < -0.39 is 5.79 Å². The quantitative estimate of drug-likeness (QED) is 0.605. The first-order valence-electron chi connectivity index (χ1n) is 5.51. The molecule has 0 aromatic rings.